The fraction of sp³-hybridized carbons (Fsp3) is 0. The van der Waals surface area contributed by atoms with Gasteiger partial charge in [-0.2, -0.15) is 0 Å². The van der Waals surface area contributed by atoms with E-state index in [0.29, 0.717) is 0 Å². The van der Waals surface area contributed by atoms with Crippen molar-refractivity contribution in [3.8, 4) is 44.5 Å². The normalized spacial score (nSPS) is 11.2. The van der Waals surface area contributed by atoms with Gasteiger partial charge in [-0.1, -0.05) is 121 Å². The van der Waals surface area contributed by atoms with Crippen molar-refractivity contribution in [2.45, 2.75) is 0 Å². The molecule has 0 atom stereocenters. The average molecular weight is 472 g/mol. The van der Waals surface area contributed by atoms with Gasteiger partial charge in [-0.3, -0.25) is 0 Å². The maximum Gasteiger partial charge on any atom is 0.0471 e. The smallest absolute Gasteiger partial charge is 0.0471 e. The van der Waals surface area contributed by atoms with Gasteiger partial charge in [-0.05, 0) is 68.8 Å². The molecule has 0 saturated carbocycles. The summed E-state index contributed by atoms with van der Waals surface area (Å²) in [6.45, 7) is 0. The van der Waals surface area contributed by atoms with Crippen molar-refractivity contribution in [3.05, 3.63) is 146 Å². The van der Waals surface area contributed by atoms with Crippen LogP contribution in [-0.4, -0.2) is 4.98 Å². The van der Waals surface area contributed by atoms with Crippen LogP contribution in [0.3, 0.4) is 0 Å². The van der Waals surface area contributed by atoms with Crippen LogP contribution in [0.25, 0.3) is 66.3 Å². The van der Waals surface area contributed by atoms with E-state index in [1.54, 1.807) is 0 Å². The summed E-state index contributed by atoms with van der Waals surface area (Å²) >= 11 is 0. The number of nitrogens with one attached hydrogen (secondary N) is 1. The molecule has 6 aromatic carbocycles. The number of hydrogen-bond acceptors (Lipinski definition) is 0. The second kappa shape index (κ2) is 8.96. The number of hydrogen-bond donors (Lipinski definition) is 1. The summed E-state index contributed by atoms with van der Waals surface area (Å²) in [6, 6.07) is 52.1. The molecule has 1 heteroatoms. The Morgan fingerprint density at radius 1 is 0.297 bits per heavy atom. The maximum absolute atomic E-state index is 3.76. The lowest BCUT2D eigenvalue weighted by molar-refractivity contribution is 1.53. The lowest BCUT2D eigenvalue weighted by Crippen LogP contribution is -1.86. The topological polar surface area (TPSA) is 15.8 Å². The van der Waals surface area contributed by atoms with Gasteiger partial charge >= 0.3 is 0 Å². The zero-order chi connectivity index (χ0) is 24.6. The quantitative estimate of drug-likeness (QED) is 0.263. The summed E-state index contributed by atoms with van der Waals surface area (Å²) < 4.78 is 0. The summed E-state index contributed by atoms with van der Waals surface area (Å²) in [7, 11) is 0. The molecular weight excluding hydrogens is 446 g/mol. The zero-order valence-electron chi connectivity index (χ0n) is 20.4. The minimum atomic E-state index is 1.15. The van der Waals surface area contributed by atoms with Crippen LogP contribution in [0.15, 0.2) is 146 Å². The van der Waals surface area contributed by atoms with Crippen molar-refractivity contribution >= 4 is 21.8 Å². The van der Waals surface area contributed by atoms with Gasteiger partial charge in [0.05, 0.1) is 0 Å². The van der Waals surface area contributed by atoms with E-state index in [0.717, 1.165) is 11.0 Å². The molecule has 1 aromatic heterocycles. The van der Waals surface area contributed by atoms with E-state index in [2.05, 4.69) is 151 Å². The summed E-state index contributed by atoms with van der Waals surface area (Å²) in [4.78, 5) is 3.76. The lowest BCUT2D eigenvalue weighted by atomic mass is 9.91. The lowest BCUT2D eigenvalue weighted by Gasteiger charge is -2.12. The Bertz CT molecular complexity index is 1690. The van der Waals surface area contributed by atoms with Crippen molar-refractivity contribution in [2.24, 2.45) is 0 Å². The predicted octanol–water partition coefficient (Wildman–Crippen LogP) is 9.99. The Morgan fingerprint density at radius 2 is 0.568 bits per heavy atom. The van der Waals surface area contributed by atoms with Crippen LogP contribution in [0.5, 0.6) is 0 Å². The molecule has 0 amide bonds. The first kappa shape index (κ1) is 21.4. The summed E-state index contributed by atoms with van der Waals surface area (Å²) in [5.41, 5.74) is 12.1. The fourth-order valence-electron chi connectivity index (χ4n) is 5.42. The van der Waals surface area contributed by atoms with E-state index in [9.17, 15) is 0 Å². The average Bonchev–Trinajstić information content (AvgIpc) is 3.34. The molecule has 37 heavy (non-hydrogen) atoms. The first-order valence-electron chi connectivity index (χ1n) is 12.7. The highest BCUT2D eigenvalue weighted by molar-refractivity contribution is 6.13. The molecule has 0 aliphatic carbocycles. The van der Waals surface area contributed by atoms with Crippen LogP contribution in [0, 0.1) is 0 Å². The molecule has 1 heterocycles. The molecule has 0 radical (unpaired) electrons. The van der Waals surface area contributed by atoms with E-state index in [4.69, 9.17) is 0 Å². The third-order valence-electron chi connectivity index (χ3n) is 7.21. The van der Waals surface area contributed by atoms with Gasteiger partial charge in [0.1, 0.15) is 0 Å². The molecule has 0 fully saturated rings. The van der Waals surface area contributed by atoms with Crippen LogP contribution in [0.2, 0.25) is 0 Å². The van der Waals surface area contributed by atoms with Crippen LogP contribution in [-0.2, 0) is 0 Å². The highest BCUT2D eigenvalue weighted by atomic mass is 14.7. The predicted molar refractivity (Wildman–Crippen MR) is 158 cm³/mol. The molecule has 0 unspecified atom stereocenters. The van der Waals surface area contributed by atoms with Gasteiger partial charge in [0.2, 0.25) is 0 Å². The molecule has 0 aliphatic rings. The van der Waals surface area contributed by atoms with Gasteiger partial charge < -0.3 is 4.98 Å². The Kier molecular flexibility index (Phi) is 5.19. The van der Waals surface area contributed by atoms with Gasteiger partial charge in [0, 0.05) is 21.8 Å². The monoisotopic (exact) mass is 471 g/mol. The standard InChI is InChI=1S/C36H25N/c1-5-13-25(14-6-1)29-21-33-34-22-30(26-15-7-2-8-16-26)32(28-19-11-4-12-20-28)24-36(34)37-35(33)23-31(29)27-17-9-3-10-18-27/h1-24,37H. The van der Waals surface area contributed by atoms with E-state index >= 15 is 0 Å². The molecule has 0 spiro atoms. The third kappa shape index (κ3) is 3.82. The van der Waals surface area contributed by atoms with Crippen LogP contribution in [0.4, 0.5) is 0 Å². The molecule has 1 N–H and O–H groups in total. The van der Waals surface area contributed by atoms with Crippen molar-refractivity contribution < 1.29 is 0 Å². The largest absolute Gasteiger partial charge is 0.354 e. The van der Waals surface area contributed by atoms with Gasteiger partial charge in [-0.15, -0.1) is 0 Å². The van der Waals surface area contributed by atoms with Crippen LogP contribution < -0.4 is 0 Å². The molecular formula is C36H25N. The van der Waals surface area contributed by atoms with E-state index < -0.39 is 0 Å². The number of aromatic amines is 1. The second-order valence-corrected chi connectivity index (χ2v) is 9.48. The number of benzene rings is 6. The van der Waals surface area contributed by atoms with Gasteiger partial charge in [-0.25, -0.2) is 0 Å². The first-order valence-corrected chi connectivity index (χ1v) is 12.7. The fourth-order valence-corrected chi connectivity index (χ4v) is 5.42. The highest BCUT2D eigenvalue weighted by Gasteiger charge is 2.16. The number of H-pyrrole nitrogens is 1. The minimum Gasteiger partial charge on any atom is -0.354 e. The Hall–Kier alpha value is -4.88. The second-order valence-electron chi connectivity index (χ2n) is 9.48. The number of fused-ring (bicyclic) bond motifs is 3. The molecule has 174 valence electrons. The SMILES string of the molecule is c1ccc(-c2cc3[nH]c4cc(-c5ccccc5)c(-c5ccccc5)cc4c3cc2-c2ccccc2)cc1. The molecule has 1 nitrogen and oxygen atoms in total. The van der Waals surface area contributed by atoms with Crippen LogP contribution in [0.1, 0.15) is 0 Å². The zero-order valence-corrected chi connectivity index (χ0v) is 20.4. The highest BCUT2D eigenvalue weighted by Crippen LogP contribution is 2.41. The maximum atomic E-state index is 3.76. The van der Waals surface area contributed by atoms with Crippen molar-refractivity contribution in [1.29, 1.82) is 0 Å². The van der Waals surface area contributed by atoms with E-state index in [-0.39, 0.29) is 0 Å². The van der Waals surface area contributed by atoms with E-state index in [1.807, 2.05) is 0 Å². The van der Waals surface area contributed by atoms with Crippen LogP contribution >= 0.6 is 0 Å². The van der Waals surface area contributed by atoms with Gasteiger partial charge in [0.25, 0.3) is 0 Å². The molecule has 0 saturated heterocycles. The van der Waals surface area contributed by atoms with Crippen molar-refractivity contribution in [2.75, 3.05) is 0 Å². The van der Waals surface area contributed by atoms with Gasteiger partial charge in [0.15, 0.2) is 0 Å². The molecule has 0 bridgehead atoms. The molecule has 7 rings (SSSR count). The summed E-state index contributed by atoms with van der Waals surface area (Å²) in [5.74, 6) is 0. The van der Waals surface area contributed by atoms with Crippen molar-refractivity contribution in [3.63, 3.8) is 0 Å². The number of rotatable bonds is 4. The molecule has 7 aromatic rings. The Balaban J connectivity index is 1.55. The third-order valence-corrected chi connectivity index (χ3v) is 7.21. The molecule has 0 aliphatic heterocycles. The van der Waals surface area contributed by atoms with E-state index in [1.165, 1.54) is 55.3 Å². The van der Waals surface area contributed by atoms with Crippen molar-refractivity contribution in [1.82, 2.24) is 4.98 Å². The Labute approximate surface area is 216 Å². The minimum absolute atomic E-state index is 1.15. The summed E-state index contributed by atoms with van der Waals surface area (Å²) in [5, 5.41) is 2.48. The Morgan fingerprint density at radius 3 is 0.865 bits per heavy atom. The number of aromatic nitrogens is 1. The summed E-state index contributed by atoms with van der Waals surface area (Å²) in [6.07, 6.45) is 0. The first-order chi connectivity index (χ1) is 18.3.